The Morgan fingerprint density at radius 3 is 2.06 bits per heavy atom. The van der Waals surface area contributed by atoms with Crippen LogP contribution in [0.3, 0.4) is 0 Å². The smallest absolute Gasteiger partial charge is 0.229 e. The second kappa shape index (κ2) is 10.6. The summed E-state index contributed by atoms with van der Waals surface area (Å²) in [7, 11) is 0. The van der Waals surface area contributed by atoms with Crippen LogP contribution in [-0.4, -0.2) is 17.2 Å². The van der Waals surface area contributed by atoms with Crippen LogP contribution in [0.15, 0.2) is 47.7 Å². The molecule has 3 nitrogen and oxygen atoms in total. The molecule has 3 rings (SSSR count). The normalized spacial score (nSPS) is 21.9. The van der Waals surface area contributed by atoms with Crippen LogP contribution in [0.1, 0.15) is 107 Å². The van der Waals surface area contributed by atoms with Crippen molar-refractivity contribution in [3.05, 3.63) is 58.9 Å². The van der Waals surface area contributed by atoms with Crippen molar-refractivity contribution in [1.29, 1.82) is 0 Å². The van der Waals surface area contributed by atoms with Gasteiger partial charge >= 0.3 is 0 Å². The molecule has 3 atom stereocenters. The molecule has 0 N–H and O–H groups in total. The summed E-state index contributed by atoms with van der Waals surface area (Å²) >= 11 is 0. The second-order valence-corrected chi connectivity index (χ2v) is 10.7. The van der Waals surface area contributed by atoms with Gasteiger partial charge in [0.05, 0.1) is 5.57 Å². The summed E-state index contributed by atoms with van der Waals surface area (Å²) in [6.45, 7) is 11.4. The fourth-order valence-electron chi connectivity index (χ4n) is 4.81. The standard InChI is InChI=1S/C29H40O3/c1-20(2)15-16-22(4)11-8-10-21(3)12-9-18-29(5)19-17-25-26(30)23-13-6-7-14-24(23)27(31)28(25)32-29/h6-7,13-14,17,19-22H,8-12,15-16,18H2,1-5H3. The van der Waals surface area contributed by atoms with Gasteiger partial charge in [0.2, 0.25) is 5.78 Å². The Kier molecular flexibility index (Phi) is 8.14. The minimum Gasteiger partial charge on any atom is -0.479 e. The third-order valence-corrected chi connectivity index (χ3v) is 7.05. The van der Waals surface area contributed by atoms with Gasteiger partial charge in [-0.3, -0.25) is 9.59 Å². The minimum atomic E-state index is -0.536. The first-order valence-corrected chi connectivity index (χ1v) is 12.5. The zero-order chi connectivity index (χ0) is 23.3. The molecule has 0 spiro atoms. The van der Waals surface area contributed by atoms with Gasteiger partial charge in [0.25, 0.3) is 0 Å². The first-order chi connectivity index (χ1) is 15.2. The molecular weight excluding hydrogens is 396 g/mol. The van der Waals surface area contributed by atoms with Crippen LogP contribution in [0.5, 0.6) is 0 Å². The molecule has 2 aliphatic rings. The summed E-state index contributed by atoms with van der Waals surface area (Å²) in [5.74, 6) is 2.26. The van der Waals surface area contributed by atoms with Crippen LogP contribution in [0.2, 0.25) is 0 Å². The van der Waals surface area contributed by atoms with Crippen LogP contribution < -0.4 is 0 Å². The number of allylic oxidation sites excluding steroid dienone is 3. The number of rotatable bonds is 11. The number of ketones is 2. The van der Waals surface area contributed by atoms with Crippen molar-refractivity contribution in [3.63, 3.8) is 0 Å². The van der Waals surface area contributed by atoms with Gasteiger partial charge in [-0.1, -0.05) is 90.5 Å². The van der Waals surface area contributed by atoms with Crippen molar-refractivity contribution in [2.75, 3.05) is 0 Å². The highest BCUT2D eigenvalue weighted by molar-refractivity contribution is 6.27. The minimum absolute atomic E-state index is 0.121. The van der Waals surface area contributed by atoms with Gasteiger partial charge in [-0.05, 0) is 49.7 Å². The Balaban J connectivity index is 1.46. The summed E-state index contributed by atoms with van der Waals surface area (Å²) < 4.78 is 6.18. The SMILES string of the molecule is CC(C)CCC(C)CCCC(C)CCCC1(C)C=CC2=C(O1)C(=O)c1ccccc1C2=O. The Morgan fingerprint density at radius 2 is 1.41 bits per heavy atom. The maximum atomic E-state index is 13.0. The summed E-state index contributed by atoms with van der Waals surface area (Å²) in [5.41, 5.74) is 0.781. The first kappa shape index (κ1) is 24.5. The molecular formula is C29H40O3. The Hall–Kier alpha value is -2.16. The van der Waals surface area contributed by atoms with E-state index >= 15 is 0 Å². The molecule has 0 saturated carbocycles. The maximum Gasteiger partial charge on any atom is 0.229 e. The van der Waals surface area contributed by atoms with Gasteiger partial charge in [-0.2, -0.15) is 0 Å². The molecule has 32 heavy (non-hydrogen) atoms. The molecule has 174 valence electrons. The Bertz CT molecular complexity index is 891. The van der Waals surface area contributed by atoms with Gasteiger partial charge in [0, 0.05) is 11.1 Å². The molecule has 3 unspecified atom stereocenters. The summed E-state index contributed by atoms with van der Waals surface area (Å²) in [6, 6.07) is 7.01. The molecule has 0 fully saturated rings. The molecule has 1 aliphatic carbocycles. The summed E-state index contributed by atoms with van der Waals surface area (Å²) in [5, 5.41) is 0. The number of hydrogen-bond acceptors (Lipinski definition) is 3. The van der Waals surface area contributed by atoms with Gasteiger partial charge < -0.3 is 4.74 Å². The predicted molar refractivity (Wildman–Crippen MR) is 131 cm³/mol. The van der Waals surface area contributed by atoms with E-state index in [1.807, 2.05) is 13.0 Å². The molecule has 1 aromatic rings. The molecule has 0 bridgehead atoms. The van der Waals surface area contributed by atoms with Crippen LogP contribution >= 0.6 is 0 Å². The van der Waals surface area contributed by atoms with Crippen LogP contribution in [0, 0.1) is 17.8 Å². The molecule has 1 heterocycles. The second-order valence-electron chi connectivity index (χ2n) is 10.7. The molecule has 0 amide bonds. The Labute approximate surface area is 194 Å². The van der Waals surface area contributed by atoms with E-state index in [0.717, 1.165) is 31.1 Å². The van der Waals surface area contributed by atoms with Crippen molar-refractivity contribution in [3.8, 4) is 0 Å². The quantitative estimate of drug-likeness (QED) is 0.357. The fourth-order valence-corrected chi connectivity index (χ4v) is 4.81. The van der Waals surface area contributed by atoms with Gasteiger partial charge in [0.1, 0.15) is 5.60 Å². The number of fused-ring (bicyclic) bond motifs is 1. The van der Waals surface area contributed by atoms with Crippen molar-refractivity contribution in [2.24, 2.45) is 17.8 Å². The van der Waals surface area contributed by atoms with Crippen molar-refractivity contribution >= 4 is 11.6 Å². The van der Waals surface area contributed by atoms with E-state index < -0.39 is 5.60 Å². The van der Waals surface area contributed by atoms with Gasteiger partial charge in [-0.25, -0.2) is 0 Å². The third kappa shape index (κ3) is 5.99. The van der Waals surface area contributed by atoms with E-state index in [4.69, 9.17) is 4.74 Å². The van der Waals surface area contributed by atoms with Crippen LogP contribution in [0.4, 0.5) is 0 Å². The molecule has 0 aromatic heterocycles. The number of hydrogen-bond donors (Lipinski definition) is 0. The average molecular weight is 437 g/mol. The van der Waals surface area contributed by atoms with Gasteiger partial charge in [0.15, 0.2) is 11.5 Å². The maximum absolute atomic E-state index is 13.0. The lowest BCUT2D eigenvalue weighted by atomic mass is 9.84. The molecule has 0 saturated heterocycles. The fraction of sp³-hybridized carbons (Fsp3) is 0.586. The lowest BCUT2D eigenvalue weighted by Crippen LogP contribution is -2.35. The first-order valence-electron chi connectivity index (χ1n) is 12.5. The highest BCUT2D eigenvalue weighted by atomic mass is 16.5. The molecule has 3 heteroatoms. The number of carbonyl (C=O) groups excluding carboxylic acids is 2. The lowest BCUT2D eigenvalue weighted by Gasteiger charge is -2.34. The van der Waals surface area contributed by atoms with E-state index in [2.05, 4.69) is 27.7 Å². The third-order valence-electron chi connectivity index (χ3n) is 7.05. The van der Waals surface area contributed by atoms with Crippen LogP contribution in [-0.2, 0) is 4.74 Å². The largest absolute Gasteiger partial charge is 0.479 e. The number of Topliss-reactive ketones (excluding diaryl/α,β-unsaturated/α-hetero) is 2. The monoisotopic (exact) mass is 436 g/mol. The topological polar surface area (TPSA) is 43.4 Å². The van der Waals surface area contributed by atoms with Crippen LogP contribution in [0.25, 0.3) is 0 Å². The highest BCUT2D eigenvalue weighted by Crippen LogP contribution is 2.37. The van der Waals surface area contributed by atoms with E-state index in [9.17, 15) is 9.59 Å². The highest BCUT2D eigenvalue weighted by Gasteiger charge is 2.38. The predicted octanol–water partition coefficient (Wildman–Crippen LogP) is 7.71. The van der Waals surface area contributed by atoms with Crippen molar-refractivity contribution in [1.82, 2.24) is 0 Å². The van der Waals surface area contributed by atoms with Crippen molar-refractivity contribution < 1.29 is 14.3 Å². The molecule has 1 aromatic carbocycles. The Morgan fingerprint density at radius 1 is 0.812 bits per heavy atom. The zero-order valence-electron chi connectivity index (χ0n) is 20.6. The number of benzene rings is 1. The van der Waals surface area contributed by atoms with E-state index in [1.54, 1.807) is 30.3 Å². The molecule has 1 aliphatic heterocycles. The number of carbonyl (C=O) groups is 2. The molecule has 0 radical (unpaired) electrons. The van der Waals surface area contributed by atoms with Gasteiger partial charge in [-0.15, -0.1) is 0 Å². The summed E-state index contributed by atoms with van der Waals surface area (Å²) in [6.07, 6.45) is 13.4. The van der Waals surface area contributed by atoms with Crippen molar-refractivity contribution in [2.45, 2.75) is 91.6 Å². The average Bonchev–Trinajstić information content (AvgIpc) is 2.76. The van der Waals surface area contributed by atoms with E-state index in [-0.39, 0.29) is 17.3 Å². The zero-order valence-corrected chi connectivity index (χ0v) is 20.6. The lowest BCUT2D eigenvalue weighted by molar-refractivity contribution is 0.0367. The van der Waals surface area contributed by atoms with E-state index in [0.29, 0.717) is 22.6 Å². The number of ether oxygens (including phenoxy) is 1. The summed E-state index contributed by atoms with van der Waals surface area (Å²) in [4.78, 5) is 25.7. The van der Waals surface area contributed by atoms with E-state index in [1.165, 1.54) is 32.1 Å².